The minimum Gasteiger partial charge on any atom is -0.311 e. The monoisotopic (exact) mass is 290 g/mol. The van der Waals surface area contributed by atoms with E-state index in [0.717, 1.165) is 37.3 Å². The van der Waals surface area contributed by atoms with Crippen molar-refractivity contribution in [1.82, 2.24) is 20.0 Å². The predicted octanol–water partition coefficient (Wildman–Crippen LogP) is 2.42. The third-order valence-electron chi connectivity index (χ3n) is 5.11. The third kappa shape index (κ3) is 3.32. The van der Waals surface area contributed by atoms with Gasteiger partial charge in [-0.3, -0.25) is 9.58 Å². The number of hydrogen-bond donors (Lipinski definition) is 1. The molecule has 0 aromatic carbocycles. The van der Waals surface area contributed by atoms with Gasteiger partial charge in [0, 0.05) is 38.3 Å². The number of piperazine rings is 1. The van der Waals surface area contributed by atoms with Crippen LogP contribution in [0.15, 0.2) is 6.07 Å². The van der Waals surface area contributed by atoms with Crippen LogP contribution in [0.2, 0.25) is 0 Å². The number of nitrogens with zero attached hydrogens (tertiary/aromatic N) is 3. The average molecular weight is 290 g/mol. The number of nitrogens with one attached hydrogen (secondary N) is 1. The fraction of sp³-hybridized carbons (Fsp3) is 0.824. The van der Waals surface area contributed by atoms with Gasteiger partial charge < -0.3 is 5.32 Å². The van der Waals surface area contributed by atoms with E-state index in [1.165, 1.54) is 25.1 Å². The number of aryl methyl sites for hydroxylation is 2. The molecule has 0 amide bonds. The highest BCUT2D eigenvalue weighted by Crippen LogP contribution is 2.37. The van der Waals surface area contributed by atoms with Gasteiger partial charge in [0.25, 0.3) is 0 Å². The maximum atomic E-state index is 4.61. The number of rotatable bonds is 5. The summed E-state index contributed by atoms with van der Waals surface area (Å²) in [5.74, 6) is 1.62. The highest BCUT2D eigenvalue weighted by Gasteiger charge is 2.39. The molecule has 4 heteroatoms. The standard InChI is InChI=1S/C17H30N4/c1-5-21-15(8-13(4)19-21)10-20-11-16(12(2)3)18-9-17(20)14-6-7-14/h8,12,14,16-18H,5-7,9-11H2,1-4H3. The van der Waals surface area contributed by atoms with Crippen molar-refractivity contribution in [1.29, 1.82) is 0 Å². The first-order valence-electron chi connectivity index (χ1n) is 8.59. The van der Waals surface area contributed by atoms with Crippen LogP contribution in [0.3, 0.4) is 0 Å². The second-order valence-corrected chi connectivity index (χ2v) is 7.19. The van der Waals surface area contributed by atoms with Crippen molar-refractivity contribution in [3.63, 3.8) is 0 Å². The van der Waals surface area contributed by atoms with Gasteiger partial charge in [-0.25, -0.2) is 0 Å². The molecule has 2 unspecified atom stereocenters. The summed E-state index contributed by atoms with van der Waals surface area (Å²) >= 11 is 0. The third-order valence-corrected chi connectivity index (χ3v) is 5.11. The first-order chi connectivity index (χ1) is 10.1. The summed E-state index contributed by atoms with van der Waals surface area (Å²) in [5, 5.41) is 8.38. The summed E-state index contributed by atoms with van der Waals surface area (Å²) in [5.41, 5.74) is 2.52. The lowest BCUT2D eigenvalue weighted by molar-refractivity contribution is 0.0899. The van der Waals surface area contributed by atoms with E-state index in [4.69, 9.17) is 0 Å². The summed E-state index contributed by atoms with van der Waals surface area (Å²) < 4.78 is 2.17. The van der Waals surface area contributed by atoms with Gasteiger partial charge in [0.1, 0.15) is 0 Å². The Kier molecular flexibility index (Phi) is 4.36. The van der Waals surface area contributed by atoms with Crippen LogP contribution in [0.4, 0.5) is 0 Å². The van der Waals surface area contributed by atoms with Crippen LogP contribution in [0.1, 0.15) is 45.0 Å². The molecule has 3 rings (SSSR count). The smallest absolute Gasteiger partial charge is 0.0597 e. The van der Waals surface area contributed by atoms with E-state index in [9.17, 15) is 0 Å². The van der Waals surface area contributed by atoms with E-state index in [0.29, 0.717) is 12.0 Å². The van der Waals surface area contributed by atoms with Crippen molar-refractivity contribution < 1.29 is 0 Å². The van der Waals surface area contributed by atoms with Crippen molar-refractivity contribution >= 4 is 0 Å². The Morgan fingerprint density at radius 1 is 1.38 bits per heavy atom. The first kappa shape index (κ1) is 15.0. The van der Waals surface area contributed by atoms with E-state index in [2.05, 4.69) is 53.8 Å². The fourth-order valence-corrected chi connectivity index (χ4v) is 3.64. The Morgan fingerprint density at radius 3 is 2.76 bits per heavy atom. The average Bonchev–Trinajstić information content (AvgIpc) is 3.23. The molecule has 1 aromatic heterocycles. The Morgan fingerprint density at radius 2 is 2.14 bits per heavy atom. The van der Waals surface area contributed by atoms with Crippen LogP contribution in [-0.4, -0.2) is 39.9 Å². The van der Waals surface area contributed by atoms with Crippen molar-refractivity contribution in [3.05, 3.63) is 17.5 Å². The summed E-state index contributed by atoms with van der Waals surface area (Å²) in [4.78, 5) is 2.72. The topological polar surface area (TPSA) is 33.1 Å². The van der Waals surface area contributed by atoms with Crippen molar-refractivity contribution in [2.45, 2.75) is 65.7 Å². The van der Waals surface area contributed by atoms with Gasteiger partial charge in [0.2, 0.25) is 0 Å². The van der Waals surface area contributed by atoms with Crippen LogP contribution >= 0.6 is 0 Å². The molecule has 1 N–H and O–H groups in total. The molecule has 2 heterocycles. The molecule has 1 aliphatic carbocycles. The molecule has 4 nitrogen and oxygen atoms in total. The van der Waals surface area contributed by atoms with Gasteiger partial charge in [-0.1, -0.05) is 13.8 Å². The normalized spacial score (nSPS) is 27.5. The molecule has 0 radical (unpaired) electrons. The van der Waals surface area contributed by atoms with E-state index in [-0.39, 0.29) is 0 Å². The maximum absolute atomic E-state index is 4.61. The van der Waals surface area contributed by atoms with Gasteiger partial charge in [0.15, 0.2) is 0 Å². The Hall–Kier alpha value is -0.870. The number of hydrogen-bond acceptors (Lipinski definition) is 3. The first-order valence-corrected chi connectivity index (χ1v) is 8.59. The van der Waals surface area contributed by atoms with Crippen LogP contribution < -0.4 is 5.32 Å². The summed E-state index contributed by atoms with van der Waals surface area (Å²) in [7, 11) is 0. The van der Waals surface area contributed by atoms with E-state index < -0.39 is 0 Å². The second-order valence-electron chi connectivity index (χ2n) is 7.19. The molecule has 118 valence electrons. The van der Waals surface area contributed by atoms with Crippen LogP contribution in [0.25, 0.3) is 0 Å². The Balaban J connectivity index is 1.75. The fourth-order valence-electron chi connectivity index (χ4n) is 3.64. The maximum Gasteiger partial charge on any atom is 0.0597 e. The van der Waals surface area contributed by atoms with Crippen molar-refractivity contribution in [2.75, 3.05) is 13.1 Å². The zero-order valence-corrected chi connectivity index (χ0v) is 14.0. The van der Waals surface area contributed by atoms with Gasteiger partial charge in [0.05, 0.1) is 11.4 Å². The molecular formula is C17H30N4. The molecule has 2 atom stereocenters. The molecule has 1 saturated heterocycles. The molecule has 2 fully saturated rings. The van der Waals surface area contributed by atoms with Crippen LogP contribution in [0.5, 0.6) is 0 Å². The van der Waals surface area contributed by atoms with E-state index >= 15 is 0 Å². The molecule has 2 aliphatic rings. The molecule has 0 spiro atoms. The molecule has 21 heavy (non-hydrogen) atoms. The lowest BCUT2D eigenvalue weighted by atomic mass is 9.97. The molecule has 0 bridgehead atoms. The second kappa shape index (κ2) is 6.09. The summed E-state index contributed by atoms with van der Waals surface area (Å²) in [6.07, 6.45) is 2.84. The van der Waals surface area contributed by atoms with Gasteiger partial charge in [-0.2, -0.15) is 5.10 Å². The lowest BCUT2D eigenvalue weighted by Gasteiger charge is -2.42. The van der Waals surface area contributed by atoms with Crippen LogP contribution in [-0.2, 0) is 13.1 Å². The largest absolute Gasteiger partial charge is 0.311 e. The molecule has 1 saturated carbocycles. The zero-order valence-electron chi connectivity index (χ0n) is 14.0. The van der Waals surface area contributed by atoms with Gasteiger partial charge in [-0.15, -0.1) is 0 Å². The molecule has 1 aromatic rings. The Bertz CT molecular complexity index is 475. The molecular weight excluding hydrogens is 260 g/mol. The summed E-state index contributed by atoms with van der Waals surface area (Å²) in [6.45, 7) is 13.3. The van der Waals surface area contributed by atoms with Crippen LogP contribution in [0, 0.1) is 18.8 Å². The molecule has 1 aliphatic heterocycles. The Labute approximate surface area is 128 Å². The number of aromatic nitrogens is 2. The highest BCUT2D eigenvalue weighted by atomic mass is 15.3. The minimum absolute atomic E-state index is 0.624. The zero-order chi connectivity index (χ0) is 15.0. The minimum atomic E-state index is 0.624. The van der Waals surface area contributed by atoms with E-state index in [1.54, 1.807) is 0 Å². The lowest BCUT2D eigenvalue weighted by Crippen LogP contribution is -2.58. The highest BCUT2D eigenvalue weighted by molar-refractivity contribution is 5.10. The SMILES string of the molecule is CCn1nc(C)cc1CN1CC(C(C)C)NCC1C1CC1. The van der Waals surface area contributed by atoms with Gasteiger partial charge in [-0.05, 0) is 44.6 Å². The summed E-state index contributed by atoms with van der Waals surface area (Å²) in [6, 6.07) is 3.61. The van der Waals surface area contributed by atoms with E-state index in [1.807, 2.05) is 0 Å². The quantitative estimate of drug-likeness (QED) is 0.904. The van der Waals surface area contributed by atoms with Crippen molar-refractivity contribution in [3.8, 4) is 0 Å². The predicted molar refractivity (Wildman–Crippen MR) is 86.2 cm³/mol. The van der Waals surface area contributed by atoms with Gasteiger partial charge >= 0.3 is 0 Å². The van der Waals surface area contributed by atoms with Crippen molar-refractivity contribution in [2.24, 2.45) is 11.8 Å².